The van der Waals surface area contributed by atoms with Gasteiger partial charge >= 0.3 is 0 Å². The molecule has 120 valence electrons. The molecule has 0 saturated carbocycles. The predicted octanol–water partition coefficient (Wildman–Crippen LogP) is 5.61. The number of benzene rings is 2. The molecule has 2 aromatic carbocycles. The van der Waals surface area contributed by atoms with Crippen molar-refractivity contribution in [1.82, 2.24) is 4.57 Å². The standard InChI is InChI=1S/C22H21NO/c1-22(2,21-13-8-14-24-21)19-16-23(15-17-9-4-3-5-10-17)20-12-7-6-11-18(19)20/h3-14,16H,15H2,1-2H3. The first kappa shape index (κ1) is 14.8. The third-order valence-electron chi connectivity index (χ3n) is 4.79. The zero-order valence-corrected chi connectivity index (χ0v) is 14.1. The third kappa shape index (κ3) is 2.44. The fraction of sp³-hybridized carbons (Fsp3) is 0.182. The molecule has 0 spiro atoms. The molecule has 0 saturated heterocycles. The first-order valence-electron chi connectivity index (χ1n) is 8.32. The molecule has 0 amide bonds. The van der Waals surface area contributed by atoms with E-state index in [9.17, 15) is 0 Å². The molecule has 24 heavy (non-hydrogen) atoms. The molecular formula is C22H21NO. The van der Waals surface area contributed by atoms with Crippen molar-refractivity contribution in [2.75, 3.05) is 0 Å². The smallest absolute Gasteiger partial charge is 0.113 e. The lowest BCUT2D eigenvalue weighted by molar-refractivity contribution is 0.431. The number of hydrogen-bond donors (Lipinski definition) is 0. The number of rotatable bonds is 4. The maximum absolute atomic E-state index is 5.72. The van der Waals surface area contributed by atoms with Crippen LogP contribution in [-0.4, -0.2) is 4.57 Å². The van der Waals surface area contributed by atoms with E-state index in [2.05, 4.69) is 85.3 Å². The second kappa shape index (κ2) is 5.72. The summed E-state index contributed by atoms with van der Waals surface area (Å²) in [6, 6.07) is 23.2. The second-order valence-electron chi connectivity index (χ2n) is 6.78. The van der Waals surface area contributed by atoms with Gasteiger partial charge in [0.25, 0.3) is 0 Å². The quantitative estimate of drug-likeness (QED) is 0.479. The van der Waals surface area contributed by atoms with E-state index in [4.69, 9.17) is 4.42 Å². The summed E-state index contributed by atoms with van der Waals surface area (Å²) < 4.78 is 8.06. The van der Waals surface area contributed by atoms with Crippen LogP contribution in [0, 0.1) is 0 Å². The topological polar surface area (TPSA) is 18.1 Å². The summed E-state index contributed by atoms with van der Waals surface area (Å²) in [4.78, 5) is 0. The van der Waals surface area contributed by atoms with Crippen molar-refractivity contribution in [1.29, 1.82) is 0 Å². The van der Waals surface area contributed by atoms with Gasteiger partial charge in [0.05, 0.1) is 6.26 Å². The van der Waals surface area contributed by atoms with Crippen LogP contribution in [0.25, 0.3) is 10.9 Å². The number of fused-ring (bicyclic) bond motifs is 1. The van der Waals surface area contributed by atoms with Gasteiger partial charge in [0.2, 0.25) is 0 Å². The van der Waals surface area contributed by atoms with Gasteiger partial charge in [0, 0.05) is 29.1 Å². The predicted molar refractivity (Wildman–Crippen MR) is 98.3 cm³/mol. The second-order valence-corrected chi connectivity index (χ2v) is 6.78. The summed E-state index contributed by atoms with van der Waals surface area (Å²) in [6.45, 7) is 5.32. The number of furan rings is 1. The number of nitrogens with zero attached hydrogens (tertiary/aromatic N) is 1. The number of aromatic nitrogens is 1. The Morgan fingerprint density at radius 3 is 2.38 bits per heavy atom. The Kier molecular flexibility index (Phi) is 3.53. The molecule has 4 rings (SSSR count). The van der Waals surface area contributed by atoms with Gasteiger partial charge in [-0.2, -0.15) is 0 Å². The van der Waals surface area contributed by atoms with Crippen molar-refractivity contribution in [3.8, 4) is 0 Å². The average molecular weight is 315 g/mol. The van der Waals surface area contributed by atoms with Gasteiger partial charge in [-0.1, -0.05) is 48.5 Å². The van der Waals surface area contributed by atoms with Crippen LogP contribution in [0.5, 0.6) is 0 Å². The van der Waals surface area contributed by atoms with Gasteiger partial charge in [-0.05, 0) is 43.2 Å². The van der Waals surface area contributed by atoms with Gasteiger partial charge in [-0.15, -0.1) is 0 Å². The molecule has 2 nitrogen and oxygen atoms in total. The van der Waals surface area contributed by atoms with Gasteiger partial charge in [-0.25, -0.2) is 0 Å². The van der Waals surface area contributed by atoms with Gasteiger partial charge < -0.3 is 8.98 Å². The van der Waals surface area contributed by atoms with Crippen LogP contribution in [-0.2, 0) is 12.0 Å². The Morgan fingerprint density at radius 1 is 0.875 bits per heavy atom. The highest BCUT2D eigenvalue weighted by molar-refractivity contribution is 5.85. The monoisotopic (exact) mass is 315 g/mol. The van der Waals surface area contributed by atoms with Crippen LogP contribution in [0.3, 0.4) is 0 Å². The van der Waals surface area contributed by atoms with E-state index in [0.717, 1.165) is 12.3 Å². The van der Waals surface area contributed by atoms with Crippen molar-refractivity contribution in [2.45, 2.75) is 25.8 Å². The summed E-state index contributed by atoms with van der Waals surface area (Å²) in [7, 11) is 0. The van der Waals surface area contributed by atoms with Gasteiger partial charge in [0.1, 0.15) is 5.76 Å². The highest BCUT2D eigenvalue weighted by atomic mass is 16.3. The van der Waals surface area contributed by atoms with Crippen molar-refractivity contribution in [3.63, 3.8) is 0 Å². The van der Waals surface area contributed by atoms with E-state index < -0.39 is 0 Å². The minimum atomic E-state index is -0.176. The normalized spacial score (nSPS) is 11.9. The third-order valence-corrected chi connectivity index (χ3v) is 4.79. The van der Waals surface area contributed by atoms with E-state index in [-0.39, 0.29) is 5.41 Å². The SMILES string of the molecule is CC(C)(c1ccco1)c1cn(Cc2ccccc2)c2ccccc12. The minimum Gasteiger partial charge on any atom is -0.468 e. The largest absolute Gasteiger partial charge is 0.468 e. The van der Waals surface area contributed by atoms with Crippen molar-refractivity contribution < 1.29 is 4.42 Å². The Hall–Kier alpha value is -2.74. The molecule has 0 atom stereocenters. The van der Waals surface area contributed by atoms with Gasteiger partial charge in [0.15, 0.2) is 0 Å². The number of hydrogen-bond acceptors (Lipinski definition) is 1. The lowest BCUT2D eigenvalue weighted by Gasteiger charge is -2.21. The lowest BCUT2D eigenvalue weighted by Crippen LogP contribution is -2.17. The van der Waals surface area contributed by atoms with Crippen LogP contribution in [0.1, 0.15) is 30.7 Å². The molecule has 2 heterocycles. The van der Waals surface area contributed by atoms with Crippen molar-refractivity contribution in [3.05, 3.63) is 96.1 Å². The van der Waals surface area contributed by atoms with Crippen LogP contribution in [0.15, 0.2) is 83.6 Å². The zero-order chi connectivity index (χ0) is 16.6. The van der Waals surface area contributed by atoms with Crippen LogP contribution in [0.4, 0.5) is 0 Å². The first-order valence-corrected chi connectivity index (χ1v) is 8.32. The van der Waals surface area contributed by atoms with E-state index in [1.807, 2.05) is 6.07 Å². The van der Waals surface area contributed by atoms with Crippen LogP contribution in [0.2, 0.25) is 0 Å². The summed E-state index contributed by atoms with van der Waals surface area (Å²) in [6.07, 6.45) is 4.03. The molecule has 0 N–H and O–H groups in total. The molecule has 2 aromatic heterocycles. The highest BCUT2D eigenvalue weighted by Crippen LogP contribution is 2.37. The molecule has 4 aromatic rings. The number of para-hydroxylation sites is 1. The van der Waals surface area contributed by atoms with Crippen LogP contribution >= 0.6 is 0 Å². The Labute approximate surface area is 142 Å². The first-order chi connectivity index (χ1) is 11.7. The van der Waals surface area contributed by atoms with Gasteiger partial charge in [-0.3, -0.25) is 0 Å². The minimum absolute atomic E-state index is 0.176. The molecule has 2 heteroatoms. The fourth-order valence-corrected chi connectivity index (χ4v) is 3.42. The van der Waals surface area contributed by atoms with E-state index >= 15 is 0 Å². The highest BCUT2D eigenvalue weighted by Gasteiger charge is 2.29. The molecule has 0 radical (unpaired) electrons. The van der Waals surface area contributed by atoms with Crippen LogP contribution < -0.4 is 0 Å². The Bertz CT molecular complexity index is 946. The van der Waals surface area contributed by atoms with Crippen molar-refractivity contribution >= 4 is 10.9 Å². The summed E-state index contributed by atoms with van der Waals surface area (Å²) in [5.41, 5.74) is 3.69. The Morgan fingerprint density at radius 2 is 1.62 bits per heavy atom. The van der Waals surface area contributed by atoms with E-state index in [0.29, 0.717) is 0 Å². The Balaban J connectivity index is 1.86. The maximum Gasteiger partial charge on any atom is 0.113 e. The molecule has 0 aliphatic rings. The molecule has 0 fully saturated rings. The summed E-state index contributed by atoms with van der Waals surface area (Å²) >= 11 is 0. The molecule has 0 unspecified atom stereocenters. The zero-order valence-electron chi connectivity index (χ0n) is 14.1. The average Bonchev–Trinajstić information content (AvgIpc) is 3.25. The molecule has 0 bridgehead atoms. The van der Waals surface area contributed by atoms with Crippen molar-refractivity contribution in [2.24, 2.45) is 0 Å². The fourth-order valence-electron chi connectivity index (χ4n) is 3.42. The summed E-state index contributed by atoms with van der Waals surface area (Å²) in [5, 5.41) is 1.29. The molecule has 0 aliphatic carbocycles. The summed E-state index contributed by atoms with van der Waals surface area (Å²) in [5.74, 6) is 0.991. The molecular weight excluding hydrogens is 294 g/mol. The van der Waals surface area contributed by atoms with E-state index in [1.165, 1.54) is 22.0 Å². The maximum atomic E-state index is 5.72. The van der Waals surface area contributed by atoms with E-state index in [1.54, 1.807) is 6.26 Å². The lowest BCUT2D eigenvalue weighted by atomic mass is 9.82. The molecule has 0 aliphatic heterocycles.